The van der Waals surface area contributed by atoms with Crippen molar-refractivity contribution in [2.75, 3.05) is 26.2 Å². The van der Waals surface area contributed by atoms with Crippen LogP contribution in [-0.4, -0.2) is 211 Å². The van der Waals surface area contributed by atoms with Gasteiger partial charge < -0.3 is 82.0 Å². The molecular weight excluding hydrogens is 887 g/mol. The average molecular weight is 956 g/mol. The lowest BCUT2D eigenvalue weighted by molar-refractivity contribution is -0.311. The summed E-state index contributed by atoms with van der Waals surface area (Å²) in [6, 6.07) is -10.5. The standard InChI is InChI=1S/C42H69N9O16/c1-18(2)28(37(60)44-20(4)34(57)46-22(6)39(62)51-16-10-13-26(51)41(64)65)47-35(58)25-12-9-15-50(25)40(63)29(23(7)66-42-32(55)31(54)30(53)27(17-52)67-42)48-36(59)24-11-8-14-49(24)38(61)21(5)45-33(56)19(3)43/h18-32,42,52-55H,8-17,43H2,1-7H3,(H,44,60)(H,45,56)(H,46,57)(H,47,58)(H,48,59)(H,64,65)/t19-,20-,21-,22-,23+,24-,25-,26-,27+,28-,29-,30+,31+,32+,42?/m0/s1. The number of nitrogens with one attached hydrogen (secondary N) is 5. The maximum atomic E-state index is 14.7. The Bertz CT molecular complexity index is 1840. The molecule has 67 heavy (non-hydrogen) atoms. The van der Waals surface area contributed by atoms with E-state index >= 15 is 0 Å². The quantitative estimate of drug-likeness (QED) is 0.0576. The zero-order valence-corrected chi connectivity index (χ0v) is 39.0. The van der Waals surface area contributed by atoms with E-state index in [1.807, 2.05) is 0 Å². The van der Waals surface area contributed by atoms with Crippen LogP contribution in [0.1, 0.15) is 87.0 Å². The van der Waals surface area contributed by atoms with Crippen molar-refractivity contribution in [2.45, 2.75) is 178 Å². The van der Waals surface area contributed by atoms with Gasteiger partial charge in [0.1, 0.15) is 72.8 Å². The number of nitrogens with two attached hydrogens (primary N) is 1. The number of aliphatic hydroxyl groups is 4. The summed E-state index contributed by atoms with van der Waals surface area (Å²) in [5.41, 5.74) is 5.64. The predicted molar refractivity (Wildman–Crippen MR) is 231 cm³/mol. The van der Waals surface area contributed by atoms with Gasteiger partial charge in [-0.3, -0.25) is 38.4 Å². The molecule has 4 heterocycles. The normalized spacial score (nSPS) is 28.3. The van der Waals surface area contributed by atoms with E-state index < -0.39 is 157 Å². The van der Waals surface area contributed by atoms with Gasteiger partial charge >= 0.3 is 5.97 Å². The fourth-order valence-corrected chi connectivity index (χ4v) is 8.63. The highest BCUT2D eigenvalue weighted by Crippen LogP contribution is 2.27. The second kappa shape index (κ2) is 23.8. The molecule has 0 bridgehead atoms. The molecule has 15 atom stereocenters. The number of ether oxygens (including phenoxy) is 2. The first kappa shape index (κ1) is 54.6. The van der Waals surface area contributed by atoms with E-state index in [-0.39, 0.29) is 38.9 Å². The van der Waals surface area contributed by atoms with E-state index in [9.17, 15) is 68.7 Å². The molecule has 1 unspecified atom stereocenters. The van der Waals surface area contributed by atoms with Crippen LogP contribution < -0.4 is 32.3 Å². The van der Waals surface area contributed by atoms with Crippen LogP contribution in [0.25, 0.3) is 0 Å². The number of carboxylic acid groups (broad SMARTS) is 1. The molecule has 378 valence electrons. The Morgan fingerprint density at radius 3 is 1.52 bits per heavy atom. The highest BCUT2D eigenvalue weighted by molar-refractivity contribution is 5.98. The molecule has 0 aromatic carbocycles. The van der Waals surface area contributed by atoms with Gasteiger partial charge in [0.25, 0.3) is 0 Å². The molecule has 0 radical (unpaired) electrons. The number of amides is 8. The lowest BCUT2D eigenvalue weighted by atomic mass is 9.99. The highest BCUT2D eigenvalue weighted by atomic mass is 16.7. The summed E-state index contributed by atoms with van der Waals surface area (Å²) in [6.07, 6.45) is -8.22. The SMILES string of the molecule is CC(C)[C@H](NC(=O)[C@@H]1CCCN1C(=O)[C@@H](NC(=O)[C@@H]1CCCN1C(=O)[C@H](C)NC(=O)[C@H](C)N)[C@@H](C)OC1O[C@H](CO)[C@@H](O)[C@@H](O)[C@H]1O)C(=O)N[C@@H](C)C(=O)N[C@@H](C)C(=O)N1CCC[C@H]1C(=O)O. The molecule has 0 aromatic heterocycles. The summed E-state index contributed by atoms with van der Waals surface area (Å²) in [4.78, 5) is 124. The monoisotopic (exact) mass is 955 g/mol. The first-order valence-electron chi connectivity index (χ1n) is 22.8. The molecule has 4 aliphatic heterocycles. The number of hydrogen-bond acceptors (Lipinski definition) is 16. The Morgan fingerprint density at radius 1 is 0.597 bits per heavy atom. The Hall–Kier alpha value is -5.05. The van der Waals surface area contributed by atoms with E-state index in [0.717, 1.165) is 0 Å². The molecule has 4 saturated heterocycles. The summed E-state index contributed by atoms with van der Waals surface area (Å²) in [7, 11) is 0. The van der Waals surface area contributed by atoms with E-state index in [0.29, 0.717) is 19.3 Å². The molecule has 4 aliphatic rings. The predicted octanol–water partition coefficient (Wildman–Crippen LogP) is -5.26. The Labute approximate surface area is 388 Å². The van der Waals surface area contributed by atoms with Crippen LogP contribution in [0.5, 0.6) is 0 Å². The first-order chi connectivity index (χ1) is 31.4. The van der Waals surface area contributed by atoms with Gasteiger partial charge in [0.05, 0.1) is 18.8 Å². The first-order valence-corrected chi connectivity index (χ1v) is 22.8. The number of likely N-dealkylation sites (tertiary alicyclic amines) is 3. The third kappa shape index (κ3) is 13.1. The number of nitrogens with zero attached hydrogens (tertiary/aromatic N) is 3. The van der Waals surface area contributed by atoms with Crippen molar-refractivity contribution in [2.24, 2.45) is 11.7 Å². The third-order valence-corrected chi connectivity index (χ3v) is 12.6. The smallest absolute Gasteiger partial charge is 0.326 e. The molecule has 0 aliphatic carbocycles. The van der Waals surface area contributed by atoms with E-state index in [1.165, 1.54) is 49.3 Å². The summed E-state index contributed by atoms with van der Waals surface area (Å²) >= 11 is 0. The van der Waals surface area contributed by atoms with Crippen LogP contribution in [0.3, 0.4) is 0 Å². The number of carboxylic acids is 1. The molecule has 12 N–H and O–H groups in total. The van der Waals surface area contributed by atoms with Crippen LogP contribution >= 0.6 is 0 Å². The van der Waals surface area contributed by atoms with Gasteiger partial charge in [-0.25, -0.2) is 4.79 Å². The molecule has 0 spiro atoms. The number of carbonyl (C=O) groups is 9. The lowest BCUT2D eigenvalue weighted by Crippen LogP contribution is -2.63. The topological polar surface area (TPSA) is 369 Å². The third-order valence-electron chi connectivity index (χ3n) is 12.6. The maximum absolute atomic E-state index is 14.7. The molecule has 4 fully saturated rings. The van der Waals surface area contributed by atoms with Gasteiger partial charge in [-0.2, -0.15) is 0 Å². The minimum Gasteiger partial charge on any atom is -0.480 e. The zero-order chi connectivity index (χ0) is 50.2. The summed E-state index contributed by atoms with van der Waals surface area (Å²) in [6.45, 7) is 9.81. The molecular formula is C42H69N9O16. The van der Waals surface area contributed by atoms with Crippen LogP contribution in [0.15, 0.2) is 0 Å². The van der Waals surface area contributed by atoms with Gasteiger partial charge in [0, 0.05) is 19.6 Å². The second-order valence-electron chi connectivity index (χ2n) is 18.1. The summed E-state index contributed by atoms with van der Waals surface area (Å²) in [5, 5.41) is 63.6. The van der Waals surface area contributed by atoms with Gasteiger partial charge in [0.15, 0.2) is 6.29 Å². The Morgan fingerprint density at radius 2 is 1.04 bits per heavy atom. The van der Waals surface area contributed by atoms with Crippen LogP contribution in [0, 0.1) is 5.92 Å². The second-order valence-corrected chi connectivity index (χ2v) is 18.1. The maximum Gasteiger partial charge on any atom is 0.326 e. The van der Waals surface area contributed by atoms with Crippen molar-refractivity contribution in [1.82, 2.24) is 41.3 Å². The molecule has 0 aromatic rings. The molecule has 25 nitrogen and oxygen atoms in total. The van der Waals surface area contributed by atoms with Gasteiger partial charge in [-0.1, -0.05) is 13.8 Å². The number of rotatable bonds is 19. The minimum atomic E-state index is -1.88. The zero-order valence-electron chi connectivity index (χ0n) is 39.0. The minimum absolute atomic E-state index is 0.00182. The van der Waals surface area contributed by atoms with Crippen molar-refractivity contribution >= 4 is 53.2 Å². The summed E-state index contributed by atoms with van der Waals surface area (Å²) < 4.78 is 11.4. The van der Waals surface area contributed by atoms with Crippen molar-refractivity contribution in [3.05, 3.63) is 0 Å². The van der Waals surface area contributed by atoms with Crippen molar-refractivity contribution in [3.8, 4) is 0 Å². The highest BCUT2D eigenvalue weighted by Gasteiger charge is 2.48. The number of hydrogen-bond donors (Lipinski definition) is 11. The summed E-state index contributed by atoms with van der Waals surface area (Å²) in [5.74, 6) is -7.40. The fraction of sp³-hybridized carbons (Fsp3) is 0.786. The van der Waals surface area contributed by atoms with E-state index in [4.69, 9.17) is 15.2 Å². The van der Waals surface area contributed by atoms with Crippen LogP contribution in [-0.2, 0) is 52.6 Å². The van der Waals surface area contributed by atoms with Crippen LogP contribution in [0.2, 0.25) is 0 Å². The van der Waals surface area contributed by atoms with Gasteiger partial charge in [0.2, 0.25) is 47.3 Å². The number of carbonyl (C=O) groups excluding carboxylic acids is 8. The average Bonchev–Trinajstić information content (AvgIpc) is 4.08. The van der Waals surface area contributed by atoms with Crippen molar-refractivity contribution < 1.29 is 78.2 Å². The van der Waals surface area contributed by atoms with Crippen molar-refractivity contribution in [3.63, 3.8) is 0 Å². The van der Waals surface area contributed by atoms with Gasteiger partial charge in [-0.15, -0.1) is 0 Å². The molecule has 4 rings (SSSR count). The van der Waals surface area contributed by atoms with Crippen molar-refractivity contribution in [1.29, 1.82) is 0 Å². The Balaban J connectivity index is 1.51. The lowest BCUT2D eigenvalue weighted by Gasteiger charge is -2.41. The van der Waals surface area contributed by atoms with Crippen LogP contribution in [0.4, 0.5) is 0 Å². The molecule has 0 saturated carbocycles. The molecule has 8 amide bonds. The van der Waals surface area contributed by atoms with Gasteiger partial charge in [-0.05, 0) is 79.1 Å². The largest absolute Gasteiger partial charge is 0.480 e. The number of aliphatic hydroxyl groups excluding tert-OH is 4. The van der Waals surface area contributed by atoms with E-state index in [2.05, 4.69) is 26.6 Å². The fourth-order valence-electron chi connectivity index (χ4n) is 8.63. The Kier molecular flexibility index (Phi) is 19.4. The number of aliphatic carboxylic acids is 1. The molecule has 25 heteroatoms. The van der Waals surface area contributed by atoms with E-state index in [1.54, 1.807) is 13.8 Å².